The Morgan fingerprint density at radius 3 is 3.00 bits per heavy atom. The molecule has 0 aromatic carbocycles. The lowest BCUT2D eigenvalue weighted by atomic mass is 10.1. The molecular formula is C6H11NO3. The van der Waals surface area contributed by atoms with E-state index in [1.807, 2.05) is 0 Å². The zero-order chi connectivity index (χ0) is 7.56. The molecule has 1 fully saturated rings. The molecule has 10 heavy (non-hydrogen) atoms. The molecule has 1 saturated heterocycles. The zero-order valence-electron chi connectivity index (χ0n) is 5.66. The topological polar surface area (TPSA) is 60.8 Å². The molecule has 1 heterocycles. The molecule has 0 radical (unpaired) electrons. The number of hydroxylamine groups is 2. The number of aliphatic hydroxyl groups excluding tert-OH is 1. The quantitative estimate of drug-likeness (QED) is 0.478. The first-order valence-electron chi connectivity index (χ1n) is 3.35. The van der Waals surface area contributed by atoms with Crippen LogP contribution in [0, 0.1) is 0 Å². The number of carbonyl (C=O) groups is 1. The van der Waals surface area contributed by atoms with Crippen LogP contribution >= 0.6 is 0 Å². The molecule has 0 aromatic rings. The summed E-state index contributed by atoms with van der Waals surface area (Å²) in [6.07, 6.45) is 0.274. The molecule has 1 rings (SSSR count). The number of hydrogen-bond donors (Lipinski definition) is 2. The van der Waals surface area contributed by atoms with Crippen LogP contribution in [0.1, 0.15) is 12.8 Å². The fourth-order valence-corrected chi connectivity index (χ4v) is 0.992. The van der Waals surface area contributed by atoms with E-state index in [4.69, 9.17) is 10.3 Å². The van der Waals surface area contributed by atoms with E-state index in [0.29, 0.717) is 19.4 Å². The molecule has 4 nitrogen and oxygen atoms in total. The van der Waals surface area contributed by atoms with Gasteiger partial charge in [0.25, 0.3) is 0 Å². The van der Waals surface area contributed by atoms with Gasteiger partial charge in [-0.3, -0.25) is 4.79 Å². The molecule has 1 atom stereocenters. The van der Waals surface area contributed by atoms with Crippen molar-refractivity contribution in [2.45, 2.75) is 18.9 Å². The Labute approximate surface area is 59.0 Å². The average molecular weight is 145 g/mol. The molecule has 1 aliphatic heterocycles. The second-order valence-electron chi connectivity index (χ2n) is 2.51. The highest BCUT2D eigenvalue weighted by Crippen LogP contribution is 2.05. The van der Waals surface area contributed by atoms with Crippen molar-refractivity contribution in [1.29, 1.82) is 0 Å². The molecule has 1 unspecified atom stereocenters. The monoisotopic (exact) mass is 145 g/mol. The van der Waals surface area contributed by atoms with Crippen molar-refractivity contribution in [3.05, 3.63) is 0 Å². The Kier molecular flexibility index (Phi) is 2.37. The predicted molar refractivity (Wildman–Crippen MR) is 33.6 cm³/mol. The van der Waals surface area contributed by atoms with Crippen LogP contribution in [0.4, 0.5) is 0 Å². The van der Waals surface area contributed by atoms with Crippen molar-refractivity contribution in [1.82, 2.24) is 5.06 Å². The van der Waals surface area contributed by atoms with Gasteiger partial charge in [-0.1, -0.05) is 0 Å². The lowest BCUT2D eigenvalue weighted by molar-refractivity contribution is -0.139. The minimum absolute atomic E-state index is 0.0405. The molecule has 1 aliphatic rings. The van der Waals surface area contributed by atoms with Crippen LogP contribution in [0.15, 0.2) is 0 Å². The highest BCUT2D eigenvalue weighted by atomic mass is 16.5. The van der Waals surface area contributed by atoms with Crippen LogP contribution in [0.2, 0.25) is 0 Å². The van der Waals surface area contributed by atoms with Crippen molar-refractivity contribution in [2.75, 3.05) is 13.1 Å². The summed E-state index contributed by atoms with van der Waals surface area (Å²) in [5, 5.41) is 18.8. The summed E-state index contributed by atoms with van der Waals surface area (Å²) in [6.45, 7) is 0.434. The molecule has 0 bridgehead atoms. The largest absolute Gasteiger partial charge is 0.385 e. The van der Waals surface area contributed by atoms with E-state index < -0.39 is 6.10 Å². The molecule has 0 aliphatic carbocycles. The van der Waals surface area contributed by atoms with Crippen LogP contribution < -0.4 is 0 Å². The summed E-state index contributed by atoms with van der Waals surface area (Å²) in [6, 6.07) is 0. The molecule has 0 amide bonds. The normalized spacial score (nSPS) is 30.2. The van der Waals surface area contributed by atoms with Gasteiger partial charge in [0.1, 0.15) is 6.10 Å². The van der Waals surface area contributed by atoms with Crippen LogP contribution in [0.5, 0.6) is 0 Å². The Hall–Kier alpha value is -0.450. The van der Waals surface area contributed by atoms with E-state index in [0.717, 1.165) is 5.06 Å². The van der Waals surface area contributed by atoms with E-state index in [1.54, 1.807) is 0 Å². The summed E-state index contributed by atoms with van der Waals surface area (Å²) in [4.78, 5) is 10.8. The molecule has 0 aromatic heterocycles. The smallest absolute Gasteiger partial charge is 0.177 e. The maximum Gasteiger partial charge on any atom is 0.177 e. The first-order chi connectivity index (χ1) is 4.70. The Morgan fingerprint density at radius 2 is 2.30 bits per heavy atom. The van der Waals surface area contributed by atoms with E-state index in [-0.39, 0.29) is 12.3 Å². The number of nitrogens with zero attached hydrogens (tertiary/aromatic N) is 1. The third-order valence-electron chi connectivity index (χ3n) is 1.60. The van der Waals surface area contributed by atoms with Gasteiger partial charge in [-0.2, -0.15) is 5.06 Å². The number of aliphatic hydroxyl groups is 1. The summed E-state index contributed by atoms with van der Waals surface area (Å²) in [7, 11) is 0. The third-order valence-corrected chi connectivity index (χ3v) is 1.60. The van der Waals surface area contributed by atoms with Gasteiger partial charge in [-0.25, -0.2) is 0 Å². The van der Waals surface area contributed by atoms with Crippen LogP contribution in [0.25, 0.3) is 0 Å². The van der Waals surface area contributed by atoms with Gasteiger partial charge in [-0.15, -0.1) is 0 Å². The Morgan fingerprint density at radius 1 is 1.60 bits per heavy atom. The van der Waals surface area contributed by atoms with Gasteiger partial charge in [-0.05, 0) is 12.8 Å². The number of Topliss-reactive ketones (excluding diaryl/α,β-unsaturated/α-hetero) is 1. The van der Waals surface area contributed by atoms with E-state index in [1.165, 1.54) is 0 Å². The fraction of sp³-hybridized carbons (Fsp3) is 0.833. The van der Waals surface area contributed by atoms with Crippen LogP contribution in [-0.4, -0.2) is 40.4 Å². The van der Waals surface area contributed by atoms with Crippen molar-refractivity contribution in [3.8, 4) is 0 Å². The van der Waals surface area contributed by atoms with E-state index in [9.17, 15) is 4.79 Å². The highest BCUT2D eigenvalue weighted by Gasteiger charge is 2.20. The number of hydrogen-bond acceptors (Lipinski definition) is 4. The van der Waals surface area contributed by atoms with E-state index >= 15 is 0 Å². The average Bonchev–Trinajstić information content (AvgIpc) is 1.96. The standard InChI is InChI=1S/C6H11NO3/c8-5-2-1-3-7(10)4-6(5)9/h5,8,10H,1-4H2. The van der Waals surface area contributed by atoms with Crippen molar-refractivity contribution in [2.24, 2.45) is 0 Å². The first-order valence-corrected chi connectivity index (χ1v) is 3.35. The van der Waals surface area contributed by atoms with Gasteiger partial charge in [0.2, 0.25) is 0 Å². The maximum absolute atomic E-state index is 10.8. The van der Waals surface area contributed by atoms with Crippen molar-refractivity contribution >= 4 is 5.78 Å². The minimum atomic E-state index is -0.864. The first kappa shape index (κ1) is 7.65. The van der Waals surface area contributed by atoms with Gasteiger partial charge >= 0.3 is 0 Å². The van der Waals surface area contributed by atoms with Crippen LogP contribution in [0.3, 0.4) is 0 Å². The summed E-state index contributed by atoms with van der Waals surface area (Å²) < 4.78 is 0. The zero-order valence-corrected chi connectivity index (χ0v) is 5.66. The molecule has 2 N–H and O–H groups in total. The molecule has 0 spiro atoms. The number of rotatable bonds is 0. The van der Waals surface area contributed by atoms with Gasteiger partial charge in [0.15, 0.2) is 5.78 Å². The van der Waals surface area contributed by atoms with Crippen LogP contribution in [-0.2, 0) is 4.79 Å². The summed E-state index contributed by atoms with van der Waals surface area (Å²) >= 11 is 0. The molecule has 4 heteroatoms. The minimum Gasteiger partial charge on any atom is -0.385 e. The van der Waals surface area contributed by atoms with Gasteiger partial charge in [0.05, 0.1) is 6.54 Å². The lowest BCUT2D eigenvalue weighted by Crippen LogP contribution is -2.29. The number of carbonyl (C=O) groups excluding carboxylic acids is 1. The third kappa shape index (κ3) is 1.76. The Balaban J connectivity index is 2.49. The van der Waals surface area contributed by atoms with E-state index in [2.05, 4.69) is 0 Å². The molecule has 58 valence electrons. The maximum atomic E-state index is 10.8. The van der Waals surface area contributed by atoms with Gasteiger partial charge in [0, 0.05) is 6.54 Å². The summed E-state index contributed by atoms with van der Waals surface area (Å²) in [5.74, 6) is -0.292. The SMILES string of the molecule is O=C1CN(O)CCCC1O. The number of ketones is 1. The summed E-state index contributed by atoms with van der Waals surface area (Å²) in [5.41, 5.74) is 0. The molecular weight excluding hydrogens is 134 g/mol. The lowest BCUT2D eigenvalue weighted by Gasteiger charge is -2.08. The van der Waals surface area contributed by atoms with Crippen molar-refractivity contribution in [3.63, 3.8) is 0 Å². The Bertz CT molecular complexity index is 137. The highest BCUT2D eigenvalue weighted by molar-refractivity contribution is 5.84. The second-order valence-corrected chi connectivity index (χ2v) is 2.51. The molecule has 0 saturated carbocycles. The fourth-order valence-electron chi connectivity index (χ4n) is 0.992. The second kappa shape index (κ2) is 3.09. The van der Waals surface area contributed by atoms with Crippen molar-refractivity contribution < 1.29 is 15.1 Å². The van der Waals surface area contributed by atoms with Gasteiger partial charge < -0.3 is 10.3 Å². The predicted octanol–water partition coefficient (Wildman–Crippen LogP) is -0.599.